The number of hydrogen-bond donors (Lipinski definition) is 2. The molecule has 0 bridgehead atoms. The zero-order chi connectivity index (χ0) is 18.2. The summed E-state index contributed by atoms with van der Waals surface area (Å²) in [5.41, 5.74) is 1.20. The number of amides is 2. The lowest BCUT2D eigenvalue weighted by Gasteiger charge is -2.37. The second kappa shape index (κ2) is 9.42. The highest BCUT2D eigenvalue weighted by molar-refractivity contribution is 5.75. The highest BCUT2D eigenvalue weighted by Gasteiger charge is 2.25. The average Bonchev–Trinajstić information content (AvgIpc) is 2.62. The van der Waals surface area contributed by atoms with Crippen molar-refractivity contribution in [3.63, 3.8) is 0 Å². The Morgan fingerprint density at radius 2 is 1.92 bits per heavy atom. The minimum atomic E-state index is -0.899. The fraction of sp³-hybridized carbons (Fsp3) is 0.579. The Morgan fingerprint density at radius 1 is 1.28 bits per heavy atom. The van der Waals surface area contributed by atoms with Crippen molar-refractivity contribution in [2.75, 3.05) is 33.2 Å². The monoisotopic (exact) mass is 347 g/mol. The van der Waals surface area contributed by atoms with Crippen LogP contribution in [-0.4, -0.2) is 60.1 Å². The molecule has 2 N–H and O–H groups in total. The summed E-state index contributed by atoms with van der Waals surface area (Å²) in [6.07, 6.45) is 2.31. The number of aliphatic carboxylic acids is 1. The van der Waals surface area contributed by atoms with Gasteiger partial charge >= 0.3 is 12.0 Å². The van der Waals surface area contributed by atoms with Gasteiger partial charge in [0.1, 0.15) is 0 Å². The molecule has 2 rings (SSSR count). The van der Waals surface area contributed by atoms with Crippen molar-refractivity contribution in [1.29, 1.82) is 0 Å². The number of carboxylic acid groups (broad SMARTS) is 1. The van der Waals surface area contributed by atoms with E-state index < -0.39 is 5.97 Å². The van der Waals surface area contributed by atoms with Gasteiger partial charge in [-0.3, -0.25) is 9.69 Å². The van der Waals surface area contributed by atoms with Gasteiger partial charge < -0.3 is 15.3 Å². The molecule has 0 aromatic heterocycles. The van der Waals surface area contributed by atoms with Crippen molar-refractivity contribution in [2.45, 2.75) is 32.2 Å². The van der Waals surface area contributed by atoms with Gasteiger partial charge in [-0.2, -0.15) is 0 Å². The summed E-state index contributed by atoms with van der Waals surface area (Å²) < 4.78 is 0. The molecule has 138 valence electrons. The summed E-state index contributed by atoms with van der Waals surface area (Å²) in [4.78, 5) is 26.7. The molecule has 1 aromatic carbocycles. The van der Waals surface area contributed by atoms with Crippen LogP contribution in [0.15, 0.2) is 30.3 Å². The van der Waals surface area contributed by atoms with E-state index in [1.165, 1.54) is 23.3 Å². The van der Waals surface area contributed by atoms with Crippen molar-refractivity contribution >= 4 is 12.0 Å². The summed E-state index contributed by atoms with van der Waals surface area (Å²) >= 11 is 0. The molecular formula is C19H29N3O3. The average molecular weight is 347 g/mol. The first kappa shape index (κ1) is 19.2. The summed E-state index contributed by atoms with van der Waals surface area (Å²) in [5.74, 6) is -0.145. The molecule has 2 amide bonds. The number of urea groups is 1. The van der Waals surface area contributed by atoms with Crippen molar-refractivity contribution < 1.29 is 14.7 Å². The number of hydrogen-bond acceptors (Lipinski definition) is 3. The number of nitrogens with one attached hydrogen (secondary N) is 1. The van der Waals surface area contributed by atoms with Gasteiger partial charge in [-0.1, -0.05) is 37.3 Å². The molecule has 1 unspecified atom stereocenters. The molecule has 1 aliphatic heterocycles. The van der Waals surface area contributed by atoms with E-state index in [0.29, 0.717) is 6.54 Å². The van der Waals surface area contributed by atoms with Gasteiger partial charge in [0.15, 0.2) is 0 Å². The van der Waals surface area contributed by atoms with E-state index in [-0.39, 0.29) is 25.0 Å². The zero-order valence-electron chi connectivity index (χ0n) is 15.1. The van der Waals surface area contributed by atoms with E-state index in [2.05, 4.69) is 29.3 Å². The van der Waals surface area contributed by atoms with Crippen LogP contribution in [0, 0.1) is 5.92 Å². The second-order valence-corrected chi connectivity index (χ2v) is 6.90. The minimum absolute atomic E-state index is 0.0456. The Morgan fingerprint density at radius 3 is 2.52 bits per heavy atom. The van der Waals surface area contributed by atoms with Crippen molar-refractivity contribution in [3.05, 3.63) is 35.9 Å². The number of carbonyl (C=O) groups excluding carboxylic acids is 1. The highest BCUT2D eigenvalue weighted by Crippen LogP contribution is 2.26. The van der Waals surface area contributed by atoms with Crippen LogP contribution in [0.4, 0.5) is 4.79 Å². The molecule has 1 fully saturated rings. The summed E-state index contributed by atoms with van der Waals surface area (Å²) in [6.45, 7) is 5.08. The molecule has 1 heterocycles. The van der Waals surface area contributed by atoms with Gasteiger partial charge in [0.25, 0.3) is 0 Å². The Hall–Kier alpha value is -2.08. The van der Waals surface area contributed by atoms with E-state index in [0.717, 1.165) is 19.0 Å². The predicted molar refractivity (Wildman–Crippen MR) is 97.4 cm³/mol. The molecule has 6 nitrogen and oxygen atoms in total. The fourth-order valence-corrected chi connectivity index (χ4v) is 3.16. The largest absolute Gasteiger partial charge is 0.481 e. The SMILES string of the molecule is CC1CCN(C(CNC(=O)N(C)CCC(=O)O)c2ccccc2)CC1. The zero-order valence-corrected chi connectivity index (χ0v) is 15.1. The third-order valence-corrected chi connectivity index (χ3v) is 4.90. The van der Waals surface area contributed by atoms with Crippen LogP contribution in [0.1, 0.15) is 37.8 Å². The molecule has 1 aliphatic rings. The molecule has 0 spiro atoms. The van der Waals surface area contributed by atoms with Crippen LogP contribution in [0.3, 0.4) is 0 Å². The Bertz CT molecular complexity index is 556. The van der Waals surface area contributed by atoms with Crippen LogP contribution < -0.4 is 5.32 Å². The molecule has 1 saturated heterocycles. The van der Waals surface area contributed by atoms with Crippen molar-refractivity contribution in [3.8, 4) is 0 Å². The summed E-state index contributed by atoms with van der Waals surface area (Å²) in [7, 11) is 1.62. The minimum Gasteiger partial charge on any atom is -0.481 e. The second-order valence-electron chi connectivity index (χ2n) is 6.90. The third kappa shape index (κ3) is 6.05. The van der Waals surface area contributed by atoms with Gasteiger partial charge in [-0.25, -0.2) is 4.79 Å². The van der Waals surface area contributed by atoms with Crippen LogP contribution in [0.25, 0.3) is 0 Å². The topological polar surface area (TPSA) is 72.9 Å². The molecule has 0 radical (unpaired) electrons. The summed E-state index contributed by atoms with van der Waals surface area (Å²) in [6, 6.07) is 10.2. The molecule has 25 heavy (non-hydrogen) atoms. The van der Waals surface area contributed by atoms with E-state index >= 15 is 0 Å². The number of rotatable bonds is 7. The Kier molecular flexibility index (Phi) is 7.25. The molecule has 0 aliphatic carbocycles. The molecule has 0 saturated carbocycles. The number of likely N-dealkylation sites (tertiary alicyclic amines) is 1. The Labute approximate surface area is 149 Å². The lowest BCUT2D eigenvalue weighted by Crippen LogP contribution is -2.45. The molecular weight excluding hydrogens is 318 g/mol. The number of carbonyl (C=O) groups is 2. The van der Waals surface area contributed by atoms with Gasteiger partial charge in [0.2, 0.25) is 0 Å². The van der Waals surface area contributed by atoms with Crippen molar-refractivity contribution in [1.82, 2.24) is 15.1 Å². The van der Waals surface area contributed by atoms with Crippen LogP contribution in [0.2, 0.25) is 0 Å². The van der Waals surface area contributed by atoms with E-state index in [1.54, 1.807) is 7.05 Å². The van der Waals surface area contributed by atoms with Crippen LogP contribution in [-0.2, 0) is 4.79 Å². The van der Waals surface area contributed by atoms with Gasteiger partial charge in [-0.05, 0) is 37.4 Å². The number of carboxylic acids is 1. The first-order valence-electron chi connectivity index (χ1n) is 8.97. The van der Waals surface area contributed by atoms with Crippen molar-refractivity contribution in [2.24, 2.45) is 5.92 Å². The van der Waals surface area contributed by atoms with E-state index in [1.807, 2.05) is 18.2 Å². The first-order valence-corrected chi connectivity index (χ1v) is 8.97. The molecule has 6 heteroatoms. The Balaban J connectivity index is 1.96. The summed E-state index contributed by atoms with van der Waals surface area (Å²) in [5, 5.41) is 11.7. The van der Waals surface area contributed by atoms with Gasteiger partial charge in [0.05, 0.1) is 12.5 Å². The standard InChI is InChI=1S/C19H29N3O3/c1-15-8-12-22(13-9-15)17(16-6-4-3-5-7-16)14-20-19(25)21(2)11-10-18(23)24/h3-7,15,17H,8-14H2,1-2H3,(H,20,25)(H,23,24). The predicted octanol–water partition coefficient (Wildman–Crippen LogP) is 2.58. The lowest BCUT2D eigenvalue weighted by atomic mass is 9.95. The number of nitrogens with zero attached hydrogens (tertiary/aromatic N) is 2. The third-order valence-electron chi connectivity index (χ3n) is 4.90. The van der Waals surface area contributed by atoms with Crippen LogP contribution >= 0.6 is 0 Å². The van der Waals surface area contributed by atoms with Gasteiger partial charge in [-0.15, -0.1) is 0 Å². The van der Waals surface area contributed by atoms with Gasteiger partial charge in [0, 0.05) is 20.1 Å². The number of benzene rings is 1. The van der Waals surface area contributed by atoms with E-state index in [9.17, 15) is 9.59 Å². The molecule has 1 aromatic rings. The highest BCUT2D eigenvalue weighted by atomic mass is 16.4. The number of piperidine rings is 1. The maximum Gasteiger partial charge on any atom is 0.317 e. The maximum atomic E-state index is 12.2. The fourth-order valence-electron chi connectivity index (χ4n) is 3.16. The molecule has 1 atom stereocenters. The van der Waals surface area contributed by atoms with E-state index in [4.69, 9.17) is 5.11 Å². The first-order chi connectivity index (χ1) is 12.0. The maximum absolute atomic E-state index is 12.2. The quantitative estimate of drug-likeness (QED) is 0.795. The normalized spacial score (nSPS) is 17.0. The smallest absolute Gasteiger partial charge is 0.317 e. The van der Waals surface area contributed by atoms with Crippen LogP contribution in [0.5, 0.6) is 0 Å². The lowest BCUT2D eigenvalue weighted by molar-refractivity contribution is -0.137.